The molecule has 0 spiro atoms. The first-order valence-electron chi connectivity index (χ1n) is 9.75. The van der Waals surface area contributed by atoms with Gasteiger partial charge >= 0.3 is 0 Å². The maximum absolute atomic E-state index is 12.7. The molecule has 0 saturated heterocycles. The van der Waals surface area contributed by atoms with E-state index in [9.17, 15) is 9.59 Å². The van der Waals surface area contributed by atoms with Gasteiger partial charge in [0.1, 0.15) is 11.9 Å². The minimum Gasteiger partial charge on any atom is -0.337 e. The van der Waals surface area contributed by atoms with Gasteiger partial charge in [0.15, 0.2) is 0 Å². The van der Waals surface area contributed by atoms with Gasteiger partial charge in [0.25, 0.3) is 5.91 Å². The fourth-order valence-corrected chi connectivity index (χ4v) is 3.99. The molecule has 0 fully saturated rings. The molecule has 146 valence electrons. The molecule has 8 heteroatoms. The van der Waals surface area contributed by atoms with E-state index in [4.69, 9.17) is 0 Å². The summed E-state index contributed by atoms with van der Waals surface area (Å²) in [6.45, 7) is 0. The van der Waals surface area contributed by atoms with Gasteiger partial charge < -0.3 is 10.6 Å². The Morgan fingerprint density at radius 3 is 2.83 bits per heavy atom. The maximum atomic E-state index is 12.7. The number of hydrogen-bond acceptors (Lipinski definition) is 5. The second-order valence-corrected chi connectivity index (χ2v) is 7.31. The average Bonchev–Trinajstić information content (AvgIpc) is 3.29. The van der Waals surface area contributed by atoms with Gasteiger partial charge in [0.2, 0.25) is 11.7 Å². The second kappa shape index (κ2) is 7.12. The van der Waals surface area contributed by atoms with Crippen molar-refractivity contribution >= 4 is 17.5 Å². The lowest BCUT2D eigenvalue weighted by Gasteiger charge is -2.14. The summed E-state index contributed by atoms with van der Waals surface area (Å²) in [7, 11) is 0. The Morgan fingerprint density at radius 1 is 1.10 bits per heavy atom. The minimum atomic E-state index is -0.653. The van der Waals surface area contributed by atoms with E-state index in [2.05, 4.69) is 37.8 Å². The predicted molar refractivity (Wildman–Crippen MR) is 105 cm³/mol. The molecule has 1 aromatic carbocycles. The van der Waals surface area contributed by atoms with Gasteiger partial charge in [-0.15, -0.1) is 5.10 Å². The lowest BCUT2D eigenvalue weighted by Crippen LogP contribution is -2.43. The molecular weight excluding hydrogens is 368 g/mol. The van der Waals surface area contributed by atoms with Crippen LogP contribution in [0, 0.1) is 0 Å². The van der Waals surface area contributed by atoms with Crippen LogP contribution in [0.15, 0.2) is 48.7 Å². The van der Waals surface area contributed by atoms with Crippen molar-refractivity contribution in [3.05, 3.63) is 71.6 Å². The van der Waals surface area contributed by atoms with Crippen LogP contribution in [0.3, 0.4) is 0 Å². The largest absolute Gasteiger partial charge is 0.337 e. The summed E-state index contributed by atoms with van der Waals surface area (Å²) < 4.78 is 1.83. The van der Waals surface area contributed by atoms with Gasteiger partial charge in [-0.3, -0.25) is 14.6 Å². The standard InChI is InChI=1S/C21H20N6O2/c28-20-16(9-8-14-15(23-20)7-4-12-22-14)24-21(29)19-25-18-11-10-17(27(18)26-19)13-5-2-1-3-6-13/h1-7,12,16-17H,8-11H2,(H,23,28)(H,24,29)/t16-,17?/m0/s1. The van der Waals surface area contributed by atoms with Crippen LogP contribution in [0.5, 0.6) is 0 Å². The number of nitrogens with zero attached hydrogens (tertiary/aromatic N) is 4. The highest BCUT2D eigenvalue weighted by molar-refractivity contribution is 6.00. The van der Waals surface area contributed by atoms with Gasteiger partial charge in [-0.25, -0.2) is 9.67 Å². The van der Waals surface area contributed by atoms with E-state index in [0.717, 1.165) is 29.9 Å². The van der Waals surface area contributed by atoms with Gasteiger partial charge in [-0.2, -0.15) is 0 Å². The number of hydrogen-bond donors (Lipinski definition) is 2. The molecule has 0 aliphatic carbocycles. The Labute approximate surface area is 167 Å². The molecule has 2 amide bonds. The molecule has 2 aliphatic heterocycles. The van der Waals surface area contributed by atoms with Crippen LogP contribution in [0.1, 0.15) is 46.6 Å². The molecule has 3 aromatic rings. The molecule has 2 atom stereocenters. The van der Waals surface area contributed by atoms with Crippen molar-refractivity contribution in [1.29, 1.82) is 0 Å². The second-order valence-electron chi connectivity index (χ2n) is 7.31. The summed E-state index contributed by atoms with van der Waals surface area (Å²) in [4.78, 5) is 34.0. The number of rotatable bonds is 3. The zero-order valence-electron chi connectivity index (χ0n) is 15.7. The molecule has 0 radical (unpaired) electrons. The highest BCUT2D eigenvalue weighted by Crippen LogP contribution is 2.30. The fourth-order valence-electron chi connectivity index (χ4n) is 3.99. The molecule has 5 rings (SSSR count). The van der Waals surface area contributed by atoms with Gasteiger partial charge in [0.05, 0.1) is 17.4 Å². The van der Waals surface area contributed by atoms with Crippen molar-refractivity contribution < 1.29 is 9.59 Å². The number of aryl methyl sites for hydroxylation is 2. The van der Waals surface area contributed by atoms with E-state index < -0.39 is 11.9 Å². The van der Waals surface area contributed by atoms with Crippen LogP contribution in [0.25, 0.3) is 0 Å². The molecule has 29 heavy (non-hydrogen) atoms. The van der Waals surface area contributed by atoms with E-state index in [1.807, 2.05) is 28.9 Å². The minimum absolute atomic E-state index is 0.0852. The fraction of sp³-hybridized carbons (Fsp3) is 0.286. The number of pyridine rings is 1. The average molecular weight is 388 g/mol. The van der Waals surface area contributed by atoms with Crippen LogP contribution < -0.4 is 10.6 Å². The molecule has 0 saturated carbocycles. The molecular formula is C21H20N6O2. The van der Waals surface area contributed by atoms with Crippen molar-refractivity contribution in [3.8, 4) is 0 Å². The molecule has 2 aromatic heterocycles. The van der Waals surface area contributed by atoms with Crippen LogP contribution in [-0.2, 0) is 17.6 Å². The zero-order valence-corrected chi connectivity index (χ0v) is 15.7. The Balaban J connectivity index is 1.32. The number of benzene rings is 1. The smallest absolute Gasteiger partial charge is 0.291 e. The molecule has 1 unspecified atom stereocenters. The number of fused-ring (bicyclic) bond motifs is 2. The first-order chi connectivity index (χ1) is 14.2. The number of nitrogens with one attached hydrogen (secondary N) is 2. The third-order valence-electron chi connectivity index (χ3n) is 5.47. The van der Waals surface area contributed by atoms with Crippen molar-refractivity contribution in [2.45, 2.75) is 37.8 Å². The van der Waals surface area contributed by atoms with Crippen molar-refractivity contribution in [3.63, 3.8) is 0 Å². The predicted octanol–water partition coefficient (Wildman–Crippen LogP) is 1.89. The number of aromatic nitrogens is 4. The summed E-state index contributed by atoms with van der Waals surface area (Å²) in [5, 5.41) is 10.1. The van der Waals surface area contributed by atoms with Crippen LogP contribution >= 0.6 is 0 Å². The van der Waals surface area contributed by atoms with E-state index in [-0.39, 0.29) is 17.8 Å². The number of anilines is 1. The van der Waals surface area contributed by atoms with E-state index in [1.54, 1.807) is 12.3 Å². The van der Waals surface area contributed by atoms with Crippen molar-refractivity contribution in [2.24, 2.45) is 0 Å². The normalized spacial score (nSPS) is 20.3. The topological polar surface area (TPSA) is 102 Å². The highest BCUT2D eigenvalue weighted by atomic mass is 16.2. The Bertz CT molecular complexity index is 1080. The van der Waals surface area contributed by atoms with Gasteiger partial charge in [0, 0.05) is 12.6 Å². The lowest BCUT2D eigenvalue weighted by molar-refractivity contribution is -0.118. The summed E-state index contributed by atoms with van der Waals surface area (Å²) in [5.74, 6) is 0.219. The summed E-state index contributed by atoms with van der Waals surface area (Å²) in [6.07, 6.45) is 4.46. The number of amides is 2. The van der Waals surface area contributed by atoms with Gasteiger partial charge in [-0.1, -0.05) is 30.3 Å². The third kappa shape index (κ3) is 3.26. The highest BCUT2D eigenvalue weighted by Gasteiger charge is 2.31. The first kappa shape index (κ1) is 17.5. The Kier molecular flexibility index (Phi) is 4.31. The molecule has 2 N–H and O–H groups in total. The zero-order chi connectivity index (χ0) is 19.8. The SMILES string of the molecule is O=C(N[C@H]1CCc2ncccc2NC1=O)c1nc2n(n1)C(c1ccccc1)CC2. The summed E-state index contributed by atoms with van der Waals surface area (Å²) in [6, 6.07) is 13.1. The molecule has 4 heterocycles. The third-order valence-corrected chi connectivity index (χ3v) is 5.47. The van der Waals surface area contributed by atoms with Crippen molar-refractivity contribution in [2.75, 3.05) is 5.32 Å². The molecule has 8 nitrogen and oxygen atoms in total. The molecule has 2 aliphatic rings. The first-order valence-corrected chi connectivity index (χ1v) is 9.75. The van der Waals surface area contributed by atoms with E-state index in [1.165, 1.54) is 0 Å². The van der Waals surface area contributed by atoms with Gasteiger partial charge in [-0.05, 0) is 37.0 Å². The van der Waals surface area contributed by atoms with E-state index >= 15 is 0 Å². The lowest BCUT2D eigenvalue weighted by atomic mass is 10.1. The summed E-state index contributed by atoms with van der Waals surface area (Å²) in [5.41, 5.74) is 2.66. The van der Waals surface area contributed by atoms with Crippen LogP contribution in [0.2, 0.25) is 0 Å². The quantitative estimate of drug-likeness (QED) is 0.713. The Morgan fingerprint density at radius 2 is 1.97 bits per heavy atom. The molecule has 0 bridgehead atoms. The van der Waals surface area contributed by atoms with Crippen molar-refractivity contribution in [1.82, 2.24) is 25.1 Å². The van der Waals surface area contributed by atoms with Crippen LogP contribution in [-0.4, -0.2) is 37.6 Å². The van der Waals surface area contributed by atoms with Crippen LogP contribution in [0.4, 0.5) is 5.69 Å². The monoisotopic (exact) mass is 388 g/mol. The number of carbonyl (C=O) groups is 2. The maximum Gasteiger partial charge on any atom is 0.291 e. The Hall–Kier alpha value is -3.55. The van der Waals surface area contributed by atoms with E-state index in [0.29, 0.717) is 18.5 Å². The number of carbonyl (C=O) groups excluding carboxylic acids is 2. The summed E-state index contributed by atoms with van der Waals surface area (Å²) >= 11 is 0.